The fourth-order valence-electron chi connectivity index (χ4n) is 2.90. The van der Waals surface area contributed by atoms with Gasteiger partial charge in [0.15, 0.2) is 0 Å². The molecule has 3 rings (SSSR count). The van der Waals surface area contributed by atoms with Crippen molar-refractivity contribution >= 4 is 40.9 Å². The smallest absolute Gasteiger partial charge is 0.339 e. The van der Waals surface area contributed by atoms with Crippen molar-refractivity contribution in [3.63, 3.8) is 0 Å². The van der Waals surface area contributed by atoms with Crippen molar-refractivity contribution < 1.29 is 22.8 Å². The van der Waals surface area contributed by atoms with Crippen molar-refractivity contribution in [1.29, 1.82) is 0 Å². The molecular formula is C19H17ClF3N3O2S. The first kappa shape index (κ1) is 21.4. The van der Waals surface area contributed by atoms with Gasteiger partial charge in [0.05, 0.1) is 32.6 Å². The first-order valence-electron chi connectivity index (χ1n) is 8.79. The van der Waals surface area contributed by atoms with Crippen LogP contribution >= 0.6 is 23.4 Å². The van der Waals surface area contributed by atoms with Gasteiger partial charge in [-0.15, -0.1) is 0 Å². The number of carbonyl (C=O) groups is 2. The number of pyridine rings is 1. The first-order chi connectivity index (χ1) is 13.8. The highest BCUT2D eigenvalue weighted by atomic mass is 35.5. The number of hydrogen-bond donors (Lipinski definition) is 1. The molecule has 2 amide bonds. The molecule has 10 heteroatoms. The zero-order chi connectivity index (χ0) is 21.0. The molecule has 0 radical (unpaired) electrons. The molecular weight excluding hydrogens is 427 g/mol. The van der Waals surface area contributed by atoms with Crippen LogP contribution < -0.4 is 5.32 Å². The summed E-state index contributed by atoms with van der Waals surface area (Å²) in [6.07, 6.45) is -1.22. The second-order valence-corrected chi connectivity index (χ2v) is 7.78. The highest BCUT2D eigenvalue weighted by molar-refractivity contribution is 7.99. The van der Waals surface area contributed by atoms with Crippen molar-refractivity contribution in [2.75, 3.05) is 24.2 Å². The Morgan fingerprint density at radius 1 is 1.17 bits per heavy atom. The third kappa shape index (κ3) is 5.42. The molecule has 2 heterocycles. The van der Waals surface area contributed by atoms with Gasteiger partial charge in [-0.1, -0.05) is 29.4 Å². The van der Waals surface area contributed by atoms with E-state index in [-0.39, 0.29) is 16.7 Å². The molecule has 1 aromatic heterocycles. The maximum Gasteiger partial charge on any atom is 0.418 e. The molecule has 0 unspecified atom stereocenters. The molecule has 1 N–H and O–H groups in total. The molecule has 154 valence electrons. The number of benzene rings is 1. The summed E-state index contributed by atoms with van der Waals surface area (Å²) in [5.41, 5.74) is -1.01. The lowest BCUT2D eigenvalue weighted by Gasteiger charge is -2.15. The molecule has 29 heavy (non-hydrogen) atoms. The van der Waals surface area contributed by atoms with Gasteiger partial charge in [-0.2, -0.15) is 13.2 Å². The highest BCUT2D eigenvalue weighted by Gasteiger charge is 2.34. The van der Waals surface area contributed by atoms with Gasteiger partial charge in [0.1, 0.15) is 0 Å². The fourth-order valence-corrected chi connectivity index (χ4v) is 3.76. The Kier molecular flexibility index (Phi) is 6.69. The Hall–Kier alpha value is -2.26. The summed E-state index contributed by atoms with van der Waals surface area (Å²) in [4.78, 5) is 30.3. The number of amides is 2. The summed E-state index contributed by atoms with van der Waals surface area (Å²) in [7, 11) is 0. The fraction of sp³-hybridized carbons (Fsp3) is 0.316. The number of halogens is 4. The largest absolute Gasteiger partial charge is 0.418 e. The minimum absolute atomic E-state index is 0.0808. The van der Waals surface area contributed by atoms with E-state index >= 15 is 0 Å². The average molecular weight is 444 g/mol. The number of nitrogens with zero attached hydrogens (tertiary/aromatic N) is 2. The molecule has 0 spiro atoms. The van der Waals surface area contributed by atoms with Crippen LogP contribution in [0.1, 0.15) is 28.8 Å². The van der Waals surface area contributed by atoms with E-state index in [0.717, 1.165) is 43.8 Å². The Morgan fingerprint density at radius 3 is 2.52 bits per heavy atom. The molecule has 1 aliphatic heterocycles. The second kappa shape index (κ2) is 9.04. The number of rotatable bonds is 5. The summed E-state index contributed by atoms with van der Waals surface area (Å²) in [6.45, 7) is 1.47. The predicted molar refractivity (Wildman–Crippen MR) is 105 cm³/mol. The van der Waals surface area contributed by atoms with Gasteiger partial charge < -0.3 is 10.2 Å². The van der Waals surface area contributed by atoms with Gasteiger partial charge in [0.2, 0.25) is 5.91 Å². The number of carbonyl (C=O) groups excluding carboxylic acids is 2. The van der Waals surface area contributed by atoms with E-state index in [2.05, 4.69) is 10.3 Å². The molecule has 0 bridgehead atoms. The van der Waals surface area contributed by atoms with Crippen LogP contribution in [0.2, 0.25) is 5.02 Å². The number of alkyl halides is 3. The van der Waals surface area contributed by atoms with Gasteiger partial charge >= 0.3 is 6.18 Å². The topological polar surface area (TPSA) is 62.3 Å². The van der Waals surface area contributed by atoms with Crippen LogP contribution in [0.25, 0.3) is 0 Å². The van der Waals surface area contributed by atoms with E-state index in [4.69, 9.17) is 11.6 Å². The number of thioether (sulfide) groups is 1. The van der Waals surface area contributed by atoms with E-state index in [1.807, 2.05) is 0 Å². The molecule has 0 aliphatic carbocycles. The van der Waals surface area contributed by atoms with Gasteiger partial charge in [0.25, 0.3) is 5.91 Å². The van der Waals surface area contributed by atoms with Crippen molar-refractivity contribution in [2.24, 2.45) is 0 Å². The number of nitrogens with one attached hydrogen (secondary N) is 1. The number of para-hydroxylation sites is 1. The minimum Gasteiger partial charge on any atom is -0.339 e. The van der Waals surface area contributed by atoms with Crippen LogP contribution in [0.5, 0.6) is 0 Å². The summed E-state index contributed by atoms with van der Waals surface area (Å²) in [5.74, 6) is -0.884. The van der Waals surface area contributed by atoms with Crippen LogP contribution in [0.4, 0.5) is 18.9 Å². The second-order valence-electron chi connectivity index (χ2n) is 6.38. The van der Waals surface area contributed by atoms with Gasteiger partial charge in [-0.3, -0.25) is 9.59 Å². The van der Waals surface area contributed by atoms with Gasteiger partial charge in [-0.25, -0.2) is 4.98 Å². The Labute approximate surface area is 174 Å². The van der Waals surface area contributed by atoms with Gasteiger partial charge in [-0.05, 0) is 37.1 Å². The lowest BCUT2D eigenvalue weighted by molar-refractivity contribution is -0.137. The molecule has 1 aromatic carbocycles. The SMILES string of the molecule is O=C(CSc1ccc(C(=O)N2CCCC2)cn1)Nc1c(Cl)cccc1C(F)(F)F. The van der Waals surface area contributed by atoms with E-state index in [0.29, 0.717) is 10.6 Å². The normalized spacial score (nSPS) is 14.1. The van der Waals surface area contributed by atoms with E-state index < -0.39 is 23.3 Å². The van der Waals surface area contributed by atoms with Crippen molar-refractivity contribution in [3.05, 3.63) is 52.7 Å². The predicted octanol–water partition coefficient (Wildman–Crippen LogP) is 4.72. The van der Waals surface area contributed by atoms with E-state index in [1.165, 1.54) is 18.3 Å². The maximum atomic E-state index is 13.1. The van der Waals surface area contributed by atoms with Crippen LogP contribution in [-0.4, -0.2) is 40.5 Å². The summed E-state index contributed by atoms with van der Waals surface area (Å²) < 4.78 is 39.3. The van der Waals surface area contributed by atoms with E-state index in [9.17, 15) is 22.8 Å². The van der Waals surface area contributed by atoms with Crippen molar-refractivity contribution in [2.45, 2.75) is 24.0 Å². The third-order valence-electron chi connectivity index (χ3n) is 4.31. The van der Waals surface area contributed by atoms with E-state index in [1.54, 1.807) is 17.0 Å². The molecule has 2 aromatic rings. The summed E-state index contributed by atoms with van der Waals surface area (Å²) in [5, 5.41) is 2.51. The third-order valence-corrected chi connectivity index (χ3v) is 5.57. The molecule has 1 saturated heterocycles. The summed E-state index contributed by atoms with van der Waals surface area (Å²) in [6, 6.07) is 6.54. The zero-order valence-corrected chi connectivity index (χ0v) is 16.7. The Bertz CT molecular complexity index is 901. The minimum atomic E-state index is -4.64. The standard InChI is InChI=1S/C19H17ClF3N3O2S/c20-14-5-3-4-13(19(21,22)23)17(14)25-15(27)11-29-16-7-6-12(10-24-16)18(28)26-8-1-2-9-26/h3-7,10H,1-2,8-9,11H2,(H,25,27). The van der Waals surface area contributed by atoms with Crippen molar-refractivity contribution in [1.82, 2.24) is 9.88 Å². The number of likely N-dealkylation sites (tertiary alicyclic amines) is 1. The number of hydrogen-bond acceptors (Lipinski definition) is 4. The van der Waals surface area contributed by atoms with Crippen molar-refractivity contribution in [3.8, 4) is 0 Å². The number of aromatic nitrogens is 1. The highest BCUT2D eigenvalue weighted by Crippen LogP contribution is 2.38. The molecule has 0 atom stereocenters. The monoisotopic (exact) mass is 443 g/mol. The van der Waals surface area contributed by atoms with Crippen LogP contribution in [0, 0.1) is 0 Å². The van der Waals surface area contributed by atoms with Crippen LogP contribution in [0.15, 0.2) is 41.6 Å². The lowest BCUT2D eigenvalue weighted by Crippen LogP contribution is -2.27. The first-order valence-corrected chi connectivity index (χ1v) is 10.2. The molecule has 1 fully saturated rings. The molecule has 0 saturated carbocycles. The van der Waals surface area contributed by atoms with Crippen LogP contribution in [-0.2, 0) is 11.0 Å². The Morgan fingerprint density at radius 2 is 1.90 bits per heavy atom. The Balaban J connectivity index is 1.60. The van der Waals surface area contributed by atoms with Gasteiger partial charge in [0, 0.05) is 19.3 Å². The summed E-state index contributed by atoms with van der Waals surface area (Å²) >= 11 is 6.88. The molecule has 5 nitrogen and oxygen atoms in total. The average Bonchev–Trinajstić information content (AvgIpc) is 3.22. The lowest BCUT2D eigenvalue weighted by atomic mass is 10.1. The number of anilines is 1. The maximum absolute atomic E-state index is 13.1. The van der Waals surface area contributed by atoms with Crippen LogP contribution in [0.3, 0.4) is 0 Å². The quantitative estimate of drug-likeness (QED) is 0.679. The zero-order valence-electron chi connectivity index (χ0n) is 15.1. The molecule has 1 aliphatic rings.